The first-order valence-corrected chi connectivity index (χ1v) is 9.82. The van der Waals surface area contributed by atoms with Gasteiger partial charge in [0, 0.05) is 51.9 Å². The monoisotopic (exact) mass is 465 g/mol. The number of nitrogens with one attached hydrogen (secondary N) is 1. The maximum absolute atomic E-state index is 5.66. The highest BCUT2D eigenvalue weighted by Gasteiger charge is 2.42. The second kappa shape index (κ2) is 9.74. The van der Waals surface area contributed by atoms with Gasteiger partial charge in [0.25, 0.3) is 0 Å². The molecule has 6 heteroatoms. The van der Waals surface area contributed by atoms with E-state index in [9.17, 15) is 0 Å². The topological polar surface area (TPSA) is 46.1 Å². The average Bonchev–Trinajstić information content (AvgIpc) is 3.32. The van der Waals surface area contributed by atoms with E-state index >= 15 is 0 Å². The lowest BCUT2D eigenvalue weighted by molar-refractivity contribution is 0.104. The molecule has 3 fully saturated rings. The Balaban J connectivity index is 0.00000225. The Kier molecular flexibility index (Phi) is 8.27. The molecule has 0 aromatic rings. The lowest BCUT2D eigenvalue weighted by Gasteiger charge is -2.32. The smallest absolute Gasteiger partial charge is 0.193 e. The van der Waals surface area contributed by atoms with Crippen LogP contribution in [0.15, 0.2) is 4.99 Å². The molecule has 1 atom stereocenters. The van der Waals surface area contributed by atoms with Crippen molar-refractivity contribution in [3.63, 3.8) is 0 Å². The Labute approximate surface area is 170 Å². The van der Waals surface area contributed by atoms with Gasteiger partial charge in [-0.25, -0.2) is 0 Å². The zero-order valence-electron chi connectivity index (χ0n) is 16.0. The molecule has 2 heterocycles. The van der Waals surface area contributed by atoms with E-state index in [4.69, 9.17) is 9.47 Å². The van der Waals surface area contributed by atoms with Crippen LogP contribution >= 0.6 is 24.0 Å². The highest BCUT2D eigenvalue weighted by atomic mass is 127. The quantitative estimate of drug-likeness (QED) is 0.283. The first-order chi connectivity index (χ1) is 11.7. The summed E-state index contributed by atoms with van der Waals surface area (Å²) in [6, 6.07) is 0. The molecular formula is C19H36IN3O2. The molecule has 1 N–H and O–H groups in total. The van der Waals surface area contributed by atoms with Crippen LogP contribution in [0.2, 0.25) is 0 Å². The van der Waals surface area contributed by atoms with Gasteiger partial charge in [0.15, 0.2) is 5.96 Å². The van der Waals surface area contributed by atoms with Crippen LogP contribution in [0.4, 0.5) is 0 Å². The van der Waals surface area contributed by atoms with E-state index in [0.29, 0.717) is 10.8 Å². The molecule has 1 spiro atoms. The number of guanidine groups is 1. The van der Waals surface area contributed by atoms with Crippen LogP contribution in [-0.4, -0.2) is 64.0 Å². The van der Waals surface area contributed by atoms with Crippen molar-refractivity contribution in [2.24, 2.45) is 15.8 Å². The van der Waals surface area contributed by atoms with E-state index in [0.717, 1.165) is 52.0 Å². The second-order valence-electron chi connectivity index (χ2n) is 8.03. The highest BCUT2D eigenvalue weighted by Crippen LogP contribution is 2.41. The second-order valence-corrected chi connectivity index (χ2v) is 8.03. The fraction of sp³-hybridized carbons (Fsp3) is 0.947. The van der Waals surface area contributed by atoms with Gasteiger partial charge in [-0.05, 0) is 44.4 Å². The first-order valence-electron chi connectivity index (χ1n) is 9.82. The van der Waals surface area contributed by atoms with Crippen molar-refractivity contribution >= 4 is 29.9 Å². The van der Waals surface area contributed by atoms with E-state index in [1.54, 1.807) is 0 Å². The van der Waals surface area contributed by atoms with Gasteiger partial charge in [0.2, 0.25) is 0 Å². The molecule has 0 amide bonds. The molecule has 2 saturated heterocycles. The minimum absolute atomic E-state index is 0. The fourth-order valence-corrected chi connectivity index (χ4v) is 4.76. The molecule has 0 aromatic heterocycles. The lowest BCUT2D eigenvalue weighted by Crippen LogP contribution is -2.45. The Morgan fingerprint density at radius 2 is 2.04 bits per heavy atom. The number of halogens is 1. The number of rotatable bonds is 6. The zero-order valence-corrected chi connectivity index (χ0v) is 18.3. The van der Waals surface area contributed by atoms with Crippen molar-refractivity contribution in [1.82, 2.24) is 10.2 Å². The third kappa shape index (κ3) is 5.22. The van der Waals surface area contributed by atoms with Crippen molar-refractivity contribution in [2.45, 2.75) is 51.9 Å². The van der Waals surface area contributed by atoms with Crippen LogP contribution in [0, 0.1) is 10.8 Å². The molecule has 1 aliphatic carbocycles. The lowest BCUT2D eigenvalue weighted by atomic mass is 9.83. The maximum Gasteiger partial charge on any atom is 0.193 e. The number of nitrogens with zero attached hydrogens (tertiary/aromatic N) is 2. The van der Waals surface area contributed by atoms with Gasteiger partial charge >= 0.3 is 0 Å². The third-order valence-corrected chi connectivity index (χ3v) is 6.40. The van der Waals surface area contributed by atoms with Crippen molar-refractivity contribution in [1.29, 1.82) is 0 Å². The standard InChI is InChI=1S/C19H35N3O2.HI/c1-3-23-12-9-18(6-4-5-7-18)14-21-17(20-2)22-11-8-19(15-22)10-13-24-16-19;/h3-16H2,1-2H3,(H,20,21);1H. The molecule has 1 saturated carbocycles. The molecule has 0 bridgehead atoms. The van der Waals surface area contributed by atoms with E-state index in [-0.39, 0.29) is 24.0 Å². The molecule has 25 heavy (non-hydrogen) atoms. The molecular weight excluding hydrogens is 429 g/mol. The fourth-order valence-electron chi connectivity index (χ4n) is 4.76. The summed E-state index contributed by atoms with van der Waals surface area (Å²) in [5.41, 5.74) is 0.788. The van der Waals surface area contributed by atoms with Gasteiger partial charge in [-0.1, -0.05) is 12.8 Å². The molecule has 3 rings (SSSR count). The van der Waals surface area contributed by atoms with Crippen LogP contribution < -0.4 is 5.32 Å². The number of aliphatic imine (C=N–C) groups is 1. The zero-order chi connectivity index (χ0) is 16.9. The van der Waals surface area contributed by atoms with Crippen LogP contribution in [-0.2, 0) is 9.47 Å². The Morgan fingerprint density at radius 1 is 1.24 bits per heavy atom. The highest BCUT2D eigenvalue weighted by molar-refractivity contribution is 14.0. The molecule has 5 nitrogen and oxygen atoms in total. The number of likely N-dealkylation sites (tertiary alicyclic amines) is 1. The van der Waals surface area contributed by atoms with Gasteiger partial charge in [-0.15, -0.1) is 24.0 Å². The largest absolute Gasteiger partial charge is 0.382 e. The summed E-state index contributed by atoms with van der Waals surface area (Å²) >= 11 is 0. The summed E-state index contributed by atoms with van der Waals surface area (Å²) in [5.74, 6) is 1.08. The molecule has 2 aliphatic heterocycles. The Bertz CT molecular complexity index is 432. The van der Waals surface area contributed by atoms with E-state index in [2.05, 4.69) is 22.1 Å². The first kappa shape index (κ1) is 21.2. The van der Waals surface area contributed by atoms with Crippen molar-refractivity contribution in [3.8, 4) is 0 Å². The molecule has 0 aromatic carbocycles. The van der Waals surface area contributed by atoms with E-state index in [1.165, 1.54) is 44.9 Å². The van der Waals surface area contributed by atoms with Gasteiger partial charge in [0.05, 0.1) is 6.61 Å². The van der Waals surface area contributed by atoms with Gasteiger partial charge in [0.1, 0.15) is 0 Å². The molecule has 3 aliphatic rings. The van der Waals surface area contributed by atoms with E-state index < -0.39 is 0 Å². The molecule has 1 unspecified atom stereocenters. The van der Waals surface area contributed by atoms with Crippen molar-refractivity contribution in [3.05, 3.63) is 0 Å². The van der Waals surface area contributed by atoms with Crippen LogP contribution in [0.1, 0.15) is 51.9 Å². The van der Waals surface area contributed by atoms with Crippen LogP contribution in [0.5, 0.6) is 0 Å². The predicted molar refractivity (Wildman–Crippen MR) is 113 cm³/mol. The number of hydrogen-bond donors (Lipinski definition) is 1. The summed E-state index contributed by atoms with van der Waals surface area (Å²) < 4.78 is 11.3. The van der Waals surface area contributed by atoms with Gasteiger partial charge < -0.3 is 19.7 Å². The summed E-state index contributed by atoms with van der Waals surface area (Å²) in [4.78, 5) is 7.02. The summed E-state index contributed by atoms with van der Waals surface area (Å²) in [7, 11) is 1.92. The Morgan fingerprint density at radius 3 is 2.68 bits per heavy atom. The molecule has 146 valence electrons. The number of hydrogen-bond acceptors (Lipinski definition) is 3. The average molecular weight is 465 g/mol. The van der Waals surface area contributed by atoms with Crippen LogP contribution in [0.3, 0.4) is 0 Å². The predicted octanol–water partition coefficient (Wildman–Crippen LogP) is 3.28. The van der Waals surface area contributed by atoms with Gasteiger partial charge in [-0.3, -0.25) is 4.99 Å². The maximum atomic E-state index is 5.66. The molecule has 0 radical (unpaired) electrons. The number of ether oxygens (including phenoxy) is 2. The van der Waals surface area contributed by atoms with Crippen molar-refractivity contribution < 1.29 is 9.47 Å². The van der Waals surface area contributed by atoms with Crippen LogP contribution in [0.25, 0.3) is 0 Å². The van der Waals surface area contributed by atoms with E-state index in [1.807, 2.05) is 7.05 Å². The SMILES string of the molecule is CCOCCC1(CNC(=NC)N2CCC3(CCOC3)C2)CCCC1.I. The van der Waals surface area contributed by atoms with Crippen molar-refractivity contribution in [2.75, 3.05) is 53.1 Å². The minimum atomic E-state index is 0. The van der Waals surface area contributed by atoms with Gasteiger partial charge in [-0.2, -0.15) is 0 Å². The third-order valence-electron chi connectivity index (χ3n) is 6.40. The summed E-state index contributed by atoms with van der Waals surface area (Å²) in [6.07, 6.45) is 8.97. The minimum Gasteiger partial charge on any atom is -0.382 e. The Hall–Kier alpha value is -0.0800. The normalized spacial score (nSPS) is 28.6. The summed E-state index contributed by atoms with van der Waals surface area (Å²) in [5, 5.41) is 3.71. The summed E-state index contributed by atoms with van der Waals surface area (Å²) in [6.45, 7) is 8.89.